The third-order valence-electron chi connectivity index (χ3n) is 1.64. The van der Waals surface area contributed by atoms with Crippen LogP contribution < -0.4 is 5.32 Å². The second-order valence-electron chi connectivity index (χ2n) is 3.79. The third-order valence-corrected chi connectivity index (χ3v) is 2.82. The Kier molecular flexibility index (Phi) is 3.98. The molecule has 2 N–H and O–H groups in total. The van der Waals surface area contributed by atoms with Crippen LogP contribution in [0.5, 0.6) is 0 Å². The topological polar surface area (TPSA) is 32.3 Å². The van der Waals surface area contributed by atoms with Crippen molar-refractivity contribution in [2.24, 2.45) is 0 Å². The fourth-order valence-corrected chi connectivity index (χ4v) is 1.69. The first-order chi connectivity index (χ1) is 6.38. The average Bonchev–Trinajstić information content (AvgIpc) is 2.05. The standard InChI is InChI=1S/C10H13Br2NO/c1-10(2,14)6-13-9-5-7(11)3-4-8(9)12/h3-5,13-14H,6H2,1-2H3. The zero-order valence-electron chi connectivity index (χ0n) is 8.14. The molecule has 0 fully saturated rings. The number of hydrogen-bond donors (Lipinski definition) is 2. The Morgan fingerprint density at radius 1 is 1.36 bits per heavy atom. The zero-order chi connectivity index (χ0) is 10.8. The van der Waals surface area contributed by atoms with Crippen LogP contribution in [0.3, 0.4) is 0 Å². The Hall–Kier alpha value is -0.0600. The number of aliphatic hydroxyl groups is 1. The van der Waals surface area contributed by atoms with Crippen molar-refractivity contribution in [3.63, 3.8) is 0 Å². The van der Waals surface area contributed by atoms with Crippen LogP contribution in [0.15, 0.2) is 27.1 Å². The maximum Gasteiger partial charge on any atom is 0.0763 e. The lowest BCUT2D eigenvalue weighted by molar-refractivity contribution is 0.0945. The smallest absolute Gasteiger partial charge is 0.0763 e. The highest BCUT2D eigenvalue weighted by atomic mass is 79.9. The summed E-state index contributed by atoms with van der Waals surface area (Å²) in [5.41, 5.74) is 0.267. The SMILES string of the molecule is CC(C)(O)CNc1cc(Br)ccc1Br. The minimum absolute atomic E-state index is 0.516. The van der Waals surface area contributed by atoms with Crippen LogP contribution in [0.2, 0.25) is 0 Å². The number of anilines is 1. The summed E-state index contributed by atoms with van der Waals surface area (Å²) < 4.78 is 2.00. The summed E-state index contributed by atoms with van der Waals surface area (Å²) in [6.45, 7) is 4.06. The van der Waals surface area contributed by atoms with Crippen LogP contribution in [0.1, 0.15) is 13.8 Å². The van der Waals surface area contributed by atoms with Crippen molar-refractivity contribution in [1.29, 1.82) is 0 Å². The van der Waals surface area contributed by atoms with E-state index in [0.717, 1.165) is 14.6 Å². The molecule has 4 heteroatoms. The van der Waals surface area contributed by atoms with Crippen LogP contribution >= 0.6 is 31.9 Å². The van der Waals surface area contributed by atoms with Gasteiger partial charge in [0.15, 0.2) is 0 Å². The number of benzene rings is 1. The number of nitrogens with one attached hydrogen (secondary N) is 1. The molecular weight excluding hydrogens is 310 g/mol. The van der Waals surface area contributed by atoms with Gasteiger partial charge in [-0.25, -0.2) is 0 Å². The number of halogens is 2. The summed E-state index contributed by atoms with van der Waals surface area (Å²) >= 11 is 6.83. The first kappa shape index (κ1) is 12.0. The molecule has 0 saturated heterocycles. The van der Waals surface area contributed by atoms with Crippen LogP contribution in [0.4, 0.5) is 5.69 Å². The first-order valence-corrected chi connectivity index (χ1v) is 5.88. The second-order valence-corrected chi connectivity index (χ2v) is 5.56. The van der Waals surface area contributed by atoms with Crippen molar-refractivity contribution in [2.75, 3.05) is 11.9 Å². The molecular formula is C10H13Br2NO. The van der Waals surface area contributed by atoms with E-state index < -0.39 is 5.60 Å². The molecule has 1 aromatic rings. The molecule has 0 atom stereocenters. The fourth-order valence-electron chi connectivity index (χ4n) is 0.944. The third kappa shape index (κ3) is 3.98. The fraction of sp³-hybridized carbons (Fsp3) is 0.400. The van der Waals surface area contributed by atoms with Gasteiger partial charge >= 0.3 is 0 Å². The molecule has 0 spiro atoms. The molecule has 0 unspecified atom stereocenters. The Balaban J connectivity index is 2.72. The zero-order valence-corrected chi connectivity index (χ0v) is 11.3. The summed E-state index contributed by atoms with van der Waals surface area (Å²) in [5.74, 6) is 0. The number of rotatable bonds is 3. The van der Waals surface area contributed by atoms with Gasteiger partial charge in [-0.3, -0.25) is 0 Å². The van der Waals surface area contributed by atoms with E-state index in [1.807, 2.05) is 18.2 Å². The van der Waals surface area contributed by atoms with E-state index in [-0.39, 0.29) is 0 Å². The van der Waals surface area contributed by atoms with E-state index in [0.29, 0.717) is 6.54 Å². The highest BCUT2D eigenvalue weighted by molar-refractivity contribution is 9.11. The lowest BCUT2D eigenvalue weighted by atomic mass is 10.1. The van der Waals surface area contributed by atoms with Crippen LogP contribution in [-0.4, -0.2) is 17.3 Å². The summed E-state index contributed by atoms with van der Waals surface area (Å²) in [7, 11) is 0. The van der Waals surface area contributed by atoms with E-state index in [2.05, 4.69) is 37.2 Å². The van der Waals surface area contributed by atoms with Crippen molar-refractivity contribution < 1.29 is 5.11 Å². The maximum absolute atomic E-state index is 9.55. The van der Waals surface area contributed by atoms with Gasteiger partial charge in [0, 0.05) is 21.2 Å². The minimum Gasteiger partial charge on any atom is -0.389 e. The van der Waals surface area contributed by atoms with Crippen molar-refractivity contribution in [2.45, 2.75) is 19.4 Å². The Morgan fingerprint density at radius 3 is 2.57 bits per heavy atom. The first-order valence-electron chi connectivity index (χ1n) is 4.30. The van der Waals surface area contributed by atoms with Gasteiger partial charge in [0.25, 0.3) is 0 Å². The van der Waals surface area contributed by atoms with Gasteiger partial charge in [-0.1, -0.05) is 15.9 Å². The van der Waals surface area contributed by atoms with Gasteiger partial charge in [-0.15, -0.1) is 0 Å². The second kappa shape index (κ2) is 4.64. The Morgan fingerprint density at radius 2 is 2.00 bits per heavy atom. The molecule has 0 radical (unpaired) electrons. The molecule has 0 bridgehead atoms. The highest BCUT2D eigenvalue weighted by Gasteiger charge is 2.12. The lowest BCUT2D eigenvalue weighted by Gasteiger charge is -2.19. The molecule has 0 aliphatic heterocycles. The molecule has 14 heavy (non-hydrogen) atoms. The van der Waals surface area contributed by atoms with Crippen molar-refractivity contribution in [3.8, 4) is 0 Å². The van der Waals surface area contributed by atoms with Crippen LogP contribution in [0.25, 0.3) is 0 Å². The molecule has 0 amide bonds. The predicted octanol–water partition coefficient (Wildman–Crippen LogP) is 3.39. The summed E-state index contributed by atoms with van der Waals surface area (Å²) in [6.07, 6.45) is 0. The van der Waals surface area contributed by atoms with Gasteiger partial charge in [0.05, 0.1) is 5.60 Å². The molecule has 0 heterocycles. The lowest BCUT2D eigenvalue weighted by Crippen LogP contribution is -2.29. The Bertz CT molecular complexity index is 320. The largest absolute Gasteiger partial charge is 0.389 e. The summed E-state index contributed by atoms with van der Waals surface area (Å²) in [4.78, 5) is 0. The maximum atomic E-state index is 9.55. The highest BCUT2D eigenvalue weighted by Crippen LogP contribution is 2.26. The van der Waals surface area contributed by atoms with Crippen molar-refractivity contribution in [1.82, 2.24) is 0 Å². The van der Waals surface area contributed by atoms with Gasteiger partial charge in [-0.2, -0.15) is 0 Å². The van der Waals surface area contributed by atoms with Gasteiger partial charge in [-0.05, 0) is 48.0 Å². The van der Waals surface area contributed by atoms with Crippen molar-refractivity contribution in [3.05, 3.63) is 27.1 Å². The predicted molar refractivity (Wildman–Crippen MR) is 66.6 cm³/mol. The molecule has 0 saturated carbocycles. The quantitative estimate of drug-likeness (QED) is 0.894. The normalized spacial score (nSPS) is 11.5. The van der Waals surface area contributed by atoms with E-state index >= 15 is 0 Å². The molecule has 0 aromatic heterocycles. The van der Waals surface area contributed by atoms with E-state index in [1.54, 1.807) is 13.8 Å². The monoisotopic (exact) mass is 321 g/mol. The summed E-state index contributed by atoms with van der Waals surface area (Å²) in [5, 5.41) is 12.7. The molecule has 2 nitrogen and oxygen atoms in total. The molecule has 0 aliphatic rings. The molecule has 0 aliphatic carbocycles. The van der Waals surface area contributed by atoms with Gasteiger partial charge in [0.2, 0.25) is 0 Å². The molecule has 1 aromatic carbocycles. The van der Waals surface area contributed by atoms with E-state index in [4.69, 9.17) is 0 Å². The average molecular weight is 323 g/mol. The molecule has 78 valence electrons. The van der Waals surface area contributed by atoms with Gasteiger partial charge < -0.3 is 10.4 Å². The van der Waals surface area contributed by atoms with Gasteiger partial charge in [0.1, 0.15) is 0 Å². The summed E-state index contributed by atoms with van der Waals surface area (Å²) in [6, 6.07) is 5.88. The van der Waals surface area contributed by atoms with Crippen LogP contribution in [0, 0.1) is 0 Å². The minimum atomic E-state index is -0.707. The van der Waals surface area contributed by atoms with Crippen molar-refractivity contribution >= 4 is 37.5 Å². The van der Waals surface area contributed by atoms with E-state index in [9.17, 15) is 5.11 Å². The van der Waals surface area contributed by atoms with Crippen LogP contribution in [-0.2, 0) is 0 Å². The number of hydrogen-bond acceptors (Lipinski definition) is 2. The molecule has 1 rings (SSSR count). The Labute approximate surface area is 101 Å². The van der Waals surface area contributed by atoms with E-state index in [1.165, 1.54) is 0 Å².